The average molecular weight is 386 g/mol. The third-order valence-corrected chi connectivity index (χ3v) is 3.87. The zero-order valence-corrected chi connectivity index (χ0v) is 14.4. The van der Waals surface area contributed by atoms with Gasteiger partial charge in [0.1, 0.15) is 0 Å². The molecule has 2 aromatic carbocycles. The van der Waals surface area contributed by atoms with E-state index in [4.69, 9.17) is 16.0 Å². The number of hydrogen-bond acceptors (Lipinski definition) is 5. The molecule has 0 atom stereocenters. The van der Waals surface area contributed by atoms with E-state index < -0.39 is 16.7 Å². The van der Waals surface area contributed by atoms with Crippen molar-refractivity contribution in [3.05, 3.63) is 87.3 Å². The highest BCUT2D eigenvalue weighted by molar-refractivity contribution is 6.34. The molecule has 9 heteroatoms. The Hall–Kier alpha value is -3.65. The Bertz CT molecular complexity index is 1000. The lowest BCUT2D eigenvalue weighted by molar-refractivity contribution is -0.384. The summed E-state index contributed by atoms with van der Waals surface area (Å²) in [4.78, 5) is 34.3. The lowest BCUT2D eigenvalue weighted by atomic mass is 10.2. The van der Waals surface area contributed by atoms with Crippen molar-refractivity contribution in [1.29, 1.82) is 0 Å². The van der Waals surface area contributed by atoms with E-state index in [1.807, 2.05) is 0 Å². The predicted octanol–water partition coefficient (Wildman–Crippen LogP) is 4.35. The SMILES string of the molecule is O=C(Nc1ccc(NC(=O)c2ccc([N+](=O)[O-])cc2Cl)cc1)c1ccco1. The molecule has 0 unspecified atom stereocenters. The largest absolute Gasteiger partial charge is 0.459 e. The van der Waals surface area contributed by atoms with Crippen molar-refractivity contribution >= 4 is 40.5 Å². The number of anilines is 2. The van der Waals surface area contributed by atoms with Gasteiger partial charge in [-0.3, -0.25) is 19.7 Å². The Balaban J connectivity index is 1.66. The van der Waals surface area contributed by atoms with Gasteiger partial charge in [-0.2, -0.15) is 0 Å². The second-order valence-electron chi connectivity index (χ2n) is 5.38. The van der Waals surface area contributed by atoms with Gasteiger partial charge in [0.05, 0.1) is 21.8 Å². The van der Waals surface area contributed by atoms with Gasteiger partial charge in [-0.05, 0) is 42.5 Å². The summed E-state index contributed by atoms with van der Waals surface area (Å²) in [6.45, 7) is 0. The first kappa shape index (κ1) is 18.2. The summed E-state index contributed by atoms with van der Waals surface area (Å²) in [5, 5.41) is 16.0. The fraction of sp³-hybridized carbons (Fsp3) is 0. The van der Waals surface area contributed by atoms with E-state index >= 15 is 0 Å². The lowest BCUT2D eigenvalue weighted by Crippen LogP contribution is -2.13. The normalized spacial score (nSPS) is 10.3. The van der Waals surface area contributed by atoms with Crippen molar-refractivity contribution in [3.8, 4) is 0 Å². The van der Waals surface area contributed by atoms with Crippen LogP contribution in [0.5, 0.6) is 0 Å². The molecule has 0 saturated carbocycles. The number of hydrogen-bond donors (Lipinski definition) is 2. The second kappa shape index (κ2) is 7.71. The molecule has 0 fully saturated rings. The molecule has 0 saturated heterocycles. The van der Waals surface area contributed by atoms with E-state index in [9.17, 15) is 19.7 Å². The third-order valence-electron chi connectivity index (χ3n) is 3.55. The monoisotopic (exact) mass is 385 g/mol. The molecule has 3 aromatic rings. The van der Waals surface area contributed by atoms with Crippen LogP contribution in [-0.4, -0.2) is 16.7 Å². The van der Waals surface area contributed by atoms with Crippen molar-refractivity contribution in [2.24, 2.45) is 0 Å². The molecule has 0 radical (unpaired) electrons. The molecule has 136 valence electrons. The predicted molar refractivity (Wildman–Crippen MR) is 99.2 cm³/mol. The molecule has 2 amide bonds. The number of furan rings is 1. The number of carbonyl (C=O) groups excluding carboxylic acids is 2. The zero-order chi connectivity index (χ0) is 19.4. The number of halogens is 1. The van der Waals surface area contributed by atoms with E-state index in [-0.39, 0.29) is 22.0 Å². The van der Waals surface area contributed by atoms with Crippen LogP contribution in [0.4, 0.5) is 17.1 Å². The molecule has 8 nitrogen and oxygen atoms in total. The summed E-state index contributed by atoms with van der Waals surface area (Å²) >= 11 is 5.94. The molecule has 0 aliphatic heterocycles. The topological polar surface area (TPSA) is 114 Å². The smallest absolute Gasteiger partial charge is 0.291 e. The molecule has 3 rings (SSSR count). The van der Waals surface area contributed by atoms with Crippen molar-refractivity contribution in [1.82, 2.24) is 0 Å². The standard InChI is InChI=1S/C18H12ClN3O5/c19-15-10-13(22(25)26)7-8-14(15)17(23)20-11-3-5-12(6-4-11)21-18(24)16-2-1-9-27-16/h1-10H,(H,20,23)(H,21,24). The van der Waals surface area contributed by atoms with Crippen molar-refractivity contribution < 1.29 is 18.9 Å². The highest BCUT2D eigenvalue weighted by Gasteiger charge is 2.15. The molecular weight excluding hydrogens is 374 g/mol. The van der Waals surface area contributed by atoms with Gasteiger partial charge in [0.25, 0.3) is 17.5 Å². The number of nitrogens with one attached hydrogen (secondary N) is 2. The van der Waals surface area contributed by atoms with Gasteiger partial charge >= 0.3 is 0 Å². The third kappa shape index (κ3) is 4.31. The van der Waals surface area contributed by atoms with Crippen LogP contribution in [-0.2, 0) is 0 Å². The second-order valence-corrected chi connectivity index (χ2v) is 5.79. The van der Waals surface area contributed by atoms with Gasteiger partial charge < -0.3 is 15.1 Å². The first-order valence-electron chi connectivity index (χ1n) is 7.64. The van der Waals surface area contributed by atoms with E-state index in [2.05, 4.69) is 10.6 Å². The van der Waals surface area contributed by atoms with Crippen LogP contribution in [0.1, 0.15) is 20.9 Å². The van der Waals surface area contributed by atoms with Crippen LogP contribution in [0.3, 0.4) is 0 Å². The van der Waals surface area contributed by atoms with Crippen LogP contribution in [0, 0.1) is 10.1 Å². The zero-order valence-electron chi connectivity index (χ0n) is 13.6. The first-order chi connectivity index (χ1) is 12.9. The number of carbonyl (C=O) groups is 2. The lowest BCUT2D eigenvalue weighted by Gasteiger charge is -2.08. The van der Waals surface area contributed by atoms with Crippen molar-refractivity contribution in [2.45, 2.75) is 0 Å². The van der Waals surface area contributed by atoms with E-state index in [0.29, 0.717) is 11.4 Å². The Kier molecular flexibility index (Phi) is 5.18. The molecule has 1 aromatic heterocycles. The van der Waals surface area contributed by atoms with Crippen molar-refractivity contribution in [3.63, 3.8) is 0 Å². The number of nitro groups is 1. The number of non-ortho nitro benzene ring substituents is 1. The summed E-state index contributed by atoms with van der Waals surface area (Å²) in [5.74, 6) is -0.725. The van der Waals surface area contributed by atoms with Crippen LogP contribution in [0.15, 0.2) is 65.3 Å². The molecule has 27 heavy (non-hydrogen) atoms. The number of rotatable bonds is 5. The summed E-state index contributed by atoms with van der Waals surface area (Å²) in [6.07, 6.45) is 1.40. The fourth-order valence-electron chi connectivity index (χ4n) is 2.24. The molecule has 2 N–H and O–H groups in total. The summed E-state index contributed by atoms with van der Waals surface area (Å²) in [5.41, 5.74) is 0.888. The van der Waals surface area contributed by atoms with Gasteiger partial charge in [-0.25, -0.2) is 0 Å². The van der Waals surface area contributed by atoms with Gasteiger partial charge in [-0.1, -0.05) is 11.6 Å². The Morgan fingerprint density at radius 3 is 2.11 bits per heavy atom. The van der Waals surface area contributed by atoms with Crippen LogP contribution in [0.25, 0.3) is 0 Å². The first-order valence-corrected chi connectivity index (χ1v) is 8.02. The molecule has 0 aliphatic rings. The average Bonchev–Trinajstić information content (AvgIpc) is 3.18. The minimum absolute atomic E-state index is 0.0240. The summed E-state index contributed by atoms with van der Waals surface area (Å²) in [6, 6.07) is 13.1. The minimum Gasteiger partial charge on any atom is -0.459 e. The molecule has 0 aliphatic carbocycles. The number of nitrogens with zero attached hydrogens (tertiary/aromatic N) is 1. The van der Waals surface area contributed by atoms with E-state index in [1.54, 1.807) is 30.3 Å². The number of benzene rings is 2. The summed E-state index contributed by atoms with van der Waals surface area (Å²) < 4.78 is 5.00. The molecule has 1 heterocycles. The Morgan fingerprint density at radius 2 is 1.59 bits per heavy atom. The van der Waals surface area contributed by atoms with Gasteiger partial charge in [0, 0.05) is 23.5 Å². The van der Waals surface area contributed by atoms with E-state index in [1.165, 1.54) is 24.5 Å². The van der Waals surface area contributed by atoms with Crippen LogP contribution < -0.4 is 10.6 Å². The fourth-order valence-corrected chi connectivity index (χ4v) is 2.50. The maximum absolute atomic E-state index is 12.3. The summed E-state index contributed by atoms with van der Waals surface area (Å²) in [7, 11) is 0. The quantitative estimate of drug-likeness (QED) is 0.500. The number of amides is 2. The maximum Gasteiger partial charge on any atom is 0.291 e. The molecular formula is C18H12ClN3O5. The molecule has 0 bridgehead atoms. The molecule has 0 spiro atoms. The Labute approximate surface area is 157 Å². The van der Waals surface area contributed by atoms with Crippen molar-refractivity contribution in [2.75, 3.05) is 10.6 Å². The van der Waals surface area contributed by atoms with Gasteiger partial charge in [-0.15, -0.1) is 0 Å². The van der Waals surface area contributed by atoms with Gasteiger partial charge in [0.2, 0.25) is 0 Å². The van der Waals surface area contributed by atoms with Gasteiger partial charge in [0.15, 0.2) is 5.76 Å². The number of nitro benzene ring substituents is 1. The van der Waals surface area contributed by atoms with Crippen LogP contribution >= 0.6 is 11.6 Å². The maximum atomic E-state index is 12.3. The highest BCUT2D eigenvalue weighted by Crippen LogP contribution is 2.24. The minimum atomic E-state index is -0.594. The van der Waals surface area contributed by atoms with E-state index in [0.717, 1.165) is 6.07 Å². The Morgan fingerprint density at radius 1 is 0.963 bits per heavy atom. The highest BCUT2D eigenvalue weighted by atomic mass is 35.5. The van der Waals surface area contributed by atoms with Crippen LogP contribution in [0.2, 0.25) is 5.02 Å².